The van der Waals surface area contributed by atoms with Crippen molar-refractivity contribution >= 4 is 23.6 Å². The van der Waals surface area contributed by atoms with Gasteiger partial charge in [-0.1, -0.05) is 12.2 Å². The van der Waals surface area contributed by atoms with Crippen molar-refractivity contribution in [2.24, 2.45) is 47.3 Å². The van der Waals surface area contributed by atoms with E-state index in [0.717, 1.165) is 10.0 Å². The van der Waals surface area contributed by atoms with Crippen LogP contribution in [0.5, 0.6) is 0 Å². The molecule has 0 radical (unpaired) electrons. The number of hydrogen-bond donors (Lipinski definition) is 0. The fourth-order valence-corrected chi connectivity index (χ4v) is 6.62. The summed E-state index contributed by atoms with van der Waals surface area (Å²) in [4.78, 5) is 52.7. The lowest BCUT2D eigenvalue weighted by atomic mass is 9.40. The number of amides is 4. The lowest BCUT2D eigenvalue weighted by Crippen LogP contribution is -2.63. The second-order valence-corrected chi connectivity index (χ2v) is 8.46. The Hall–Kier alpha value is -3.70. The molecule has 2 bridgehead atoms. The fraction of sp³-hybridized carbons (Fsp3) is 0.444. The van der Waals surface area contributed by atoms with Crippen LogP contribution < -0.4 is 10.0 Å². The highest BCUT2D eigenvalue weighted by molar-refractivity contribution is 6.20. The Morgan fingerprint density at radius 2 is 0.867 bits per heavy atom. The first-order chi connectivity index (χ1) is 14.6. The molecule has 2 aliphatic heterocycles. The van der Waals surface area contributed by atoms with Crippen molar-refractivity contribution in [3.05, 3.63) is 37.5 Å². The molecule has 6 aliphatic rings. The largest absolute Gasteiger partial charge is 0.272 e. The molecule has 4 amide bonds. The van der Waals surface area contributed by atoms with Gasteiger partial charge in [-0.05, 0) is 23.7 Å². The molecule has 4 heterocycles. The first-order valence-corrected chi connectivity index (χ1v) is 9.73. The Labute approximate surface area is 168 Å². The summed E-state index contributed by atoms with van der Waals surface area (Å²) in [6.07, 6.45) is 9.18. The third-order valence-corrected chi connectivity index (χ3v) is 7.57. The molecule has 2 saturated carbocycles. The van der Waals surface area contributed by atoms with E-state index in [4.69, 9.17) is 0 Å². The summed E-state index contributed by atoms with van der Waals surface area (Å²) < 4.78 is 2.60. The fourth-order valence-electron chi connectivity index (χ4n) is 6.62. The summed E-state index contributed by atoms with van der Waals surface area (Å²) in [5.74, 6) is -4.06. The van der Waals surface area contributed by atoms with Crippen molar-refractivity contribution < 1.29 is 19.2 Å². The van der Waals surface area contributed by atoms with E-state index >= 15 is 0 Å². The zero-order chi connectivity index (χ0) is 20.3. The van der Waals surface area contributed by atoms with Gasteiger partial charge in [0, 0.05) is 0 Å². The number of carbonyl (C=O) groups is 4. The minimum atomic E-state index is -0.538. The smallest absolute Gasteiger partial charge is 0.253 e. The molecule has 0 spiro atoms. The van der Waals surface area contributed by atoms with Gasteiger partial charge in [-0.25, -0.2) is 9.35 Å². The average Bonchev–Trinajstić information content (AvgIpc) is 3.47. The van der Waals surface area contributed by atoms with Crippen LogP contribution in [0.4, 0.5) is 0 Å². The van der Waals surface area contributed by atoms with E-state index in [2.05, 4.69) is 20.4 Å². The molecule has 30 heavy (non-hydrogen) atoms. The Bertz CT molecular complexity index is 1100. The van der Waals surface area contributed by atoms with Crippen molar-refractivity contribution in [2.75, 3.05) is 10.0 Å². The maximum atomic E-state index is 13.2. The molecular weight excluding hydrogens is 392 g/mol. The minimum absolute atomic E-state index is 0.137. The second kappa shape index (κ2) is 5.07. The van der Waals surface area contributed by atoms with Gasteiger partial charge < -0.3 is 0 Å². The highest BCUT2D eigenvalue weighted by Crippen LogP contribution is 2.67. The van der Waals surface area contributed by atoms with E-state index in [0.29, 0.717) is 0 Å². The molecule has 2 aromatic rings. The molecule has 12 heteroatoms. The number of rotatable bonds is 2. The third-order valence-electron chi connectivity index (χ3n) is 7.57. The van der Waals surface area contributed by atoms with Crippen LogP contribution in [0.25, 0.3) is 0 Å². The van der Waals surface area contributed by atoms with Gasteiger partial charge in [-0.2, -0.15) is 10.0 Å². The Balaban J connectivity index is 1.29. The number of aromatic nitrogens is 6. The number of hydrogen-bond acceptors (Lipinski definition) is 8. The molecule has 0 aromatic carbocycles. The van der Waals surface area contributed by atoms with E-state index in [1.165, 1.54) is 34.7 Å². The molecule has 8 atom stereocenters. The monoisotopic (exact) mass is 406 g/mol. The van der Waals surface area contributed by atoms with Crippen molar-refractivity contribution in [1.29, 1.82) is 0 Å². The van der Waals surface area contributed by atoms with Crippen molar-refractivity contribution in [1.82, 2.24) is 29.7 Å². The average molecular weight is 406 g/mol. The summed E-state index contributed by atoms with van der Waals surface area (Å²) >= 11 is 0. The number of fused-ring (bicyclic) bond motifs is 1. The van der Waals surface area contributed by atoms with Crippen molar-refractivity contribution in [2.45, 2.75) is 0 Å². The summed E-state index contributed by atoms with van der Waals surface area (Å²) in [6.45, 7) is 0. The molecule has 12 nitrogen and oxygen atoms in total. The van der Waals surface area contributed by atoms with Crippen LogP contribution in [0, 0.1) is 47.3 Å². The van der Waals surface area contributed by atoms with Gasteiger partial charge in [0.2, 0.25) is 0 Å². The van der Waals surface area contributed by atoms with Gasteiger partial charge in [0.25, 0.3) is 23.6 Å². The zero-order valence-electron chi connectivity index (χ0n) is 15.3. The number of nitrogens with zero attached hydrogens (tertiary/aromatic N) is 8. The molecular formula is C18H14N8O4. The predicted molar refractivity (Wildman–Crippen MR) is 93.6 cm³/mol. The van der Waals surface area contributed by atoms with Gasteiger partial charge in [0.05, 0.1) is 23.7 Å². The number of imide groups is 2. The van der Waals surface area contributed by atoms with E-state index in [1.807, 2.05) is 12.2 Å². The molecule has 8 unspecified atom stereocenters. The summed E-state index contributed by atoms with van der Waals surface area (Å²) in [6, 6.07) is 0. The molecule has 4 aliphatic carbocycles. The maximum absolute atomic E-state index is 13.2. The quantitative estimate of drug-likeness (QED) is 0.417. The van der Waals surface area contributed by atoms with Crippen LogP contribution in [-0.2, 0) is 19.2 Å². The first-order valence-electron chi connectivity index (χ1n) is 9.73. The van der Waals surface area contributed by atoms with E-state index < -0.39 is 23.7 Å². The lowest BCUT2D eigenvalue weighted by Gasteiger charge is -2.60. The first kappa shape index (κ1) is 16.1. The second-order valence-electron chi connectivity index (χ2n) is 8.46. The van der Waals surface area contributed by atoms with Crippen LogP contribution in [0.2, 0.25) is 0 Å². The number of carbonyl (C=O) groups excluding carboxylic acids is 4. The van der Waals surface area contributed by atoms with E-state index in [-0.39, 0.29) is 47.3 Å². The van der Waals surface area contributed by atoms with Crippen LogP contribution in [0.15, 0.2) is 37.5 Å². The molecule has 0 N–H and O–H groups in total. The Kier molecular flexibility index (Phi) is 2.73. The molecule has 8 rings (SSSR count). The summed E-state index contributed by atoms with van der Waals surface area (Å²) in [7, 11) is 0. The number of allylic oxidation sites excluding steroid dienone is 2. The van der Waals surface area contributed by atoms with Gasteiger partial charge in [-0.15, -0.1) is 20.4 Å². The summed E-state index contributed by atoms with van der Waals surface area (Å²) in [5, 5.41) is 16.9. The van der Waals surface area contributed by atoms with Crippen LogP contribution in [-0.4, -0.2) is 53.4 Å². The summed E-state index contributed by atoms with van der Waals surface area (Å²) in [5.41, 5.74) is 0. The topological polar surface area (TPSA) is 136 Å². The standard InChI is InChI=1S/C18H14N8O4/c27-15-11-7-1-2-8(12(11)16(28)25(15)23-3-19-20-4-23)10-9(7)13-14(10)18(30)26(17(13)29)24-5-21-22-6-24/h1-14H. The third kappa shape index (κ3) is 1.58. The van der Waals surface area contributed by atoms with Crippen LogP contribution >= 0.6 is 0 Å². The van der Waals surface area contributed by atoms with Gasteiger partial charge >= 0.3 is 0 Å². The van der Waals surface area contributed by atoms with Crippen molar-refractivity contribution in [3.63, 3.8) is 0 Å². The molecule has 150 valence electrons. The lowest BCUT2D eigenvalue weighted by molar-refractivity contribution is -0.166. The van der Waals surface area contributed by atoms with E-state index in [1.54, 1.807) is 0 Å². The zero-order valence-corrected chi connectivity index (χ0v) is 15.3. The van der Waals surface area contributed by atoms with E-state index in [9.17, 15) is 19.2 Å². The Morgan fingerprint density at radius 1 is 0.533 bits per heavy atom. The molecule has 4 fully saturated rings. The minimum Gasteiger partial charge on any atom is -0.272 e. The van der Waals surface area contributed by atoms with Crippen LogP contribution in [0.3, 0.4) is 0 Å². The van der Waals surface area contributed by atoms with Gasteiger partial charge in [0.1, 0.15) is 25.3 Å². The SMILES string of the molecule is O=C1C2C3C=CC(C2C(=O)N1n1cnnc1)C1C2C(=O)N(n4cnnc4)C(=O)C2C31. The normalized spacial score (nSPS) is 40.7. The highest BCUT2D eigenvalue weighted by Gasteiger charge is 2.75. The predicted octanol–water partition coefficient (Wildman–Crippen LogP) is -1.89. The van der Waals surface area contributed by atoms with Gasteiger partial charge in [0.15, 0.2) is 0 Å². The van der Waals surface area contributed by atoms with Crippen LogP contribution in [0.1, 0.15) is 0 Å². The highest BCUT2D eigenvalue weighted by atomic mass is 16.2. The molecule has 2 aromatic heterocycles. The molecule has 2 saturated heterocycles. The Morgan fingerprint density at radius 3 is 1.23 bits per heavy atom. The van der Waals surface area contributed by atoms with Gasteiger partial charge in [-0.3, -0.25) is 19.2 Å². The maximum Gasteiger partial charge on any atom is 0.253 e. The van der Waals surface area contributed by atoms with Crippen molar-refractivity contribution in [3.8, 4) is 0 Å².